The number of fused-ring (bicyclic) bond motifs is 1. The lowest BCUT2D eigenvalue weighted by molar-refractivity contribution is -1.02. The zero-order valence-electron chi connectivity index (χ0n) is 16.4. The molecule has 6 heteroatoms. The van der Waals surface area contributed by atoms with Gasteiger partial charge in [0.25, 0.3) is 5.91 Å². The van der Waals surface area contributed by atoms with Crippen molar-refractivity contribution in [2.75, 3.05) is 39.5 Å². The van der Waals surface area contributed by atoms with Gasteiger partial charge >= 0.3 is 0 Å². The summed E-state index contributed by atoms with van der Waals surface area (Å²) in [6.45, 7) is 8.85. The van der Waals surface area contributed by atoms with Crippen molar-refractivity contribution in [1.29, 1.82) is 0 Å². The number of rotatable bonds is 6. The molecule has 2 aromatic rings. The van der Waals surface area contributed by atoms with Gasteiger partial charge in [0.2, 0.25) is 6.79 Å². The number of carbonyl (C=O) groups excluding carboxylic acids is 1. The molecule has 0 saturated carbocycles. The van der Waals surface area contributed by atoms with Crippen molar-refractivity contribution in [3.63, 3.8) is 0 Å². The van der Waals surface area contributed by atoms with Crippen molar-refractivity contribution in [1.82, 2.24) is 5.32 Å². The minimum atomic E-state index is 0.106. The Morgan fingerprint density at radius 2 is 1.75 bits per heavy atom. The first-order valence-corrected chi connectivity index (χ1v) is 10.0. The minimum Gasteiger partial charge on any atom is -0.454 e. The van der Waals surface area contributed by atoms with Gasteiger partial charge in [-0.1, -0.05) is 35.9 Å². The molecule has 3 N–H and O–H groups in total. The highest BCUT2D eigenvalue weighted by Gasteiger charge is 2.24. The topological polar surface area (TPSA) is 56.4 Å². The van der Waals surface area contributed by atoms with Crippen LogP contribution in [0.1, 0.15) is 16.7 Å². The second-order valence-corrected chi connectivity index (χ2v) is 7.81. The van der Waals surface area contributed by atoms with E-state index in [1.807, 2.05) is 18.2 Å². The van der Waals surface area contributed by atoms with Crippen LogP contribution in [0.15, 0.2) is 42.5 Å². The second kappa shape index (κ2) is 8.63. The zero-order chi connectivity index (χ0) is 19.3. The highest BCUT2D eigenvalue weighted by atomic mass is 16.7. The first-order valence-electron chi connectivity index (χ1n) is 10.0. The standard InChI is InChI=1S/C22H27N3O3/c1-17-3-2-4-19(11-17)14-24-7-9-25(10-8-24)15-22(26)23-13-18-5-6-20-21(12-18)28-16-27-20/h2-6,11-12H,7-10,13-16H2,1H3,(H,23,26)/p+2. The highest BCUT2D eigenvalue weighted by molar-refractivity contribution is 5.76. The molecule has 0 unspecified atom stereocenters. The molecule has 1 saturated heterocycles. The van der Waals surface area contributed by atoms with Gasteiger partial charge in [-0.05, 0) is 24.6 Å². The Labute approximate surface area is 166 Å². The fourth-order valence-corrected chi connectivity index (χ4v) is 3.96. The molecule has 2 aromatic carbocycles. The van der Waals surface area contributed by atoms with E-state index in [1.54, 1.807) is 4.90 Å². The van der Waals surface area contributed by atoms with E-state index in [-0.39, 0.29) is 12.7 Å². The predicted octanol–water partition coefficient (Wildman–Crippen LogP) is -0.676. The molecular formula is C22H29N3O3+2. The molecule has 2 aliphatic rings. The summed E-state index contributed by atoms with van der Waals surface area (Å²) in [7, 11) is 0. The smallest absolute Gasteiger partial charge is 0.275 e. The van der Waals surface area contributed by atoms with Crippen LogP contribution in [0, 0.1) is 6.92 Å². The number of nitrogens with one attached hydrogen (secondary N) is 3. The van der Waals surface area contributed by atoms with Gasteiger partial charge in [0.05, 0.1) is 0 Å². The molecule has 0 spiro atoms. The van der Waals surface area contributed by atoms with E-state index >= 15 is 0 Å². The van der Waals surface area contributed by atoms with E-state index in [1.165, 1.54) is 16.0 Å². The van der Waals surface area contributed by atoms with Gasteiger partial charge in [0.1, 0.15) is 32.7 Å². The molecule has 0 bridgehead atoms. The molecule has 0 aliphatic carbocycles. The average Bonchev–Trinajstić information content (AvgIpc) is 3.16. The molecular weight excluding hydrogens is 354 g/mol. The number of benzene rings is 2. The summed E-state index contributed by atoms with van der Waals surface area (Å²) in [6.07, 6.45) is 0. The number of piperazine rings is 1. The Morgan fingerprint density at radius 3 is 2.57 bits per heavy atom. The number of aryl methyl sites for hydroxylation is 1. The Kier molecular flexibility index (Phi) is 5.78. The van der Waals surface area contributed by atoms with Crippen LogP contribution in [0.4, 0.5) is 0 Å². The Balaban J connectivity index is 1.19. The average molecular weight is 383 g/mol. The van der Waals surface area contributed by atoms with Gasteiger partial charge in [-0.3, -0.25) is 4.79 Å². The Bertz CT molecular complexity index is 832. The third-order valence-corrected chi connectivity index (χ3v) is 5.54. The lowest BCUT2D eigenvalue weighted by Gasteiger charge is -2.29. The fraction of sp³-hybridized carbons (Fsp3) is 0.409. The molecule has 2 heterocycles. The van der Waals surface area contributed by atoms with Crippen molar-refractivity contribution < 1.29 is 24.1 Å². The van der Waals surface area contributed by atoms with Crippen molar-refractivity contribution >= 4 is 5.91 Å². The second-order valence-electron chi connectivity index (χ2n) is 7.81. The molecule has 148 valence electrons. The summed E-state index contributed by atoms with van der Waals surface area (Å²) < 4.78 is 10.7. The molecule has 0 aromatic heterocycles. The maximum atomic E-state index is 12.3. The van der Waals surface area contributed by atoms with E-state index in [4.69, 9.17) is 9.47 Å². The number of carbonyl (C=O) groups is 1. The fourth-order valence-electron chi connectivity index (χ4n) is 3.96. The van der Waals surface area contributed by atoms with Gasteiger partial charge < -0.3 is 24.6 Å². The maximum absolute atomic E-state index is 12.3. The van der Waals surface area contributed by atoms with E-state index in [9.17, 15) is 4.79 Å². The summed E-state index contributed by atoms with van der Waals surface area (Å²) >= 11 is 0. The van der Waals surface area contributed by atoms with E-state index in [0.29, 0.717) is 13.1 Å². The molecule has 28 heavy (non-hydrogen) atoms. The molecule has 1 amide bonds. The van der Waals surface area contributed by atoms with Gasteiger partial charge in [-0.2, -0.15) is 0 Å². The molecule has 2 aliphatic heterocycles. The summed E-state index contributed by atoms with van der Waals surface area (Å²) in [4.78, 5) is 15.3. The minimum absolute atomic E-state index is 0.106. The molecule has 0 atom stereocenters. The zero-order valence-corrected chi connectivity index (χ0v) is 16.4. The molecule has 6 nitrogen and oxygen atoms in total. The van der Waals surface area contributed by atoms with Crippen LogP contribution in [0.3, 0.4) is 0 Å². The first kappa shape index (κ1) is 18.8. The number of ether oxygens (including phenoxy) is 2. The van der Waals surface area contributed by atoms with Crippen LogP contribution in [-0.2, 0) is 17.9 Å². The Hall–Kier alpha value is -2.57. The lowest BCUT2D eigenvalue weighted by Crippen LogP contribution is -3.28. The van der Waals surface area contributed by atoms with Crippen molar-refractivity contribution in [2.24, 2.45) is 0 Å². The number of hydrogen-bond acceptors (Lipinski definition) is 3. The number of hydrogen-bond donors (Lipinski definition) is 3. The van der Waals surface area contributed by atoms with Crippen molar-refractivity contribution in [3.05, 3.63) is 59.2 Å². The van der Waals surface area contributed by atoms with Gasteiger partial charge in [-0.15, -0.1) is 0 Å². The van der Waals surface area contributed by atoms with Crippen molar-refractivity contribution in [3.8, 4) is 11.5 Å². The van der Waals surface area contributed by atoms with E-state index in [2.05, 4.69) is 36.5 Å². The van der Waals surface area contributed by atoms with E-state index < -0.39 is 0 Å². The third-order valence-electron chi connectivity index (χ3n) is 5.54. The third kappa shape index (κ3) is 4.82. The molecule has 4 rings (SSSR count). The van der Waals surface area contributed by atoms with Crippen molar-refractivity contribution in [2.45, 2.75) is 20.0 Å². The summed E-state index contributed by atoms with van der Waals surface area (Å²) in [5, 5.41) is 3.03. The van der Waals surface area contributed by atoms with Gasteiger partial charge in [-0.25, -0.2) is 0 Å². The highest BCUT2D eigenvalue weighted by Crippen LogP contribution is 2.32. The summed E-state index contributed by atoms with van der Waals surface area (Å²) in [5.74, 6) is 1.63. The first-order chi connectivity index (χ1) is 13.7. The molecule has 1 fully saturated rings. The summed E-state index contributed by atoms with van der Waals surface area (Å²) in [5.41, 5.74) is 3.75. The van der Waals surface area contributed by atoms with Crippen LogP contribution >= 0.6 is 0 Å². The quantitative estimate of drug-likeness (QED) is 0.620. The predicted molar refractivity (Wildman–Crippen MR) is 106 cm³/mol. The van der Waals surface area contributed by atoms with Gasteiger partial charge in [0.15, 0.2) is 18.0 Å². The van der Waals surface area contributed by atoms with Crippen LogP contribution in [0.25, 0.3) is 0 Å². The lowest BCUT2D eigenvalue weighted by atomic mass is 10.1. The number of quaternary nitrogens is 2. The number of amides is 1. The molecule has 0 radical (unpaired) electrons. The van der Waals surface area contributed by atoms with Crippen LogP contribution in [-0.4, -0.2) is 45.4 Å². The van der Waals surface area contributed by atoms with Gasteiger partial charge in [0, 0.05) is 12.1 Å². The van der Waals surface area contributed by atoms with Crippen LogP contribution < -0.4 is 24.6 Å². The Morgan fingerprint density at radius 1 is 0.964 bits per heavy atom. The largest absolute Gasteiger partial charge is 0.454 e. The summed E-state index contributed by atoms with van der Waals surface area (Å²) in [6, 6.07) is 14.6. The normalized spacial score (nSPS) is 20.8. The van der Waals surface area contributed by atoms with Crippen LogP contribution in [0.5, 0.6) is 11.5 Å². The van der Waals surface area contributed by atoms with E-state index in [0.717, 1.165) is 49.8 Å². The van der Waals surface area contributed by atoms with Crippen LogP contribution in [0.2, 0.25) is 0 Å². The monoisotopic (exact) mass is 383 g/mol. The SMILES string of the molecule is Cc1cccc(C[NH+]2CC[NH+](CC(=O)NCc3ccc4c(c3)OCO4)CC2)c1. The maximum Gasteiger partial charge on any atom is 0.275 e.